The van der Waals surface area contributed by atoms with Crippen molar-refractivity contribution in [3.8, 4) is 0 Å². The average Bonchev–Trinajstić information content (AvgIpc) is 2.31. The molecule has 0 saturated carbocycles. The molecular formula is C16H21BrO4. The van der Waals surface area contributed by atoms with Crippen LogP contribution < -0.4 is 0 Å². The highest BCUT2D eigenvalue weighted by Crippen LogP contribution is 2.32. The molecule has 0 fully saturated rings. The lowest BCUT2D eigenvalue weighted by molar-refractivity contribution is 0.0650. The van der Waals surface area contributed by atoms with Gasteiger partial charge in [-0.3, -0.25) is 0 Å². The van der Waals surface area contributed by atoms with E-state index in [9.17, 15) is 19.8 Å². The molecule has 0 aliphatic heterocycles. The Morgan fingerprint density at radius 3 is 1.95 bits per heavy atom. The largest absolute Gasteiger partial charge is 0.478 e. The lowest BCUT2D eigenvalue weighted by Gasteiger charge is -2.18. The summed E-state index contributed by atoms with van der Waals surface area (Å²) in [6.07, 6.45) is 1.22. The van der Waals surface area contributed by atoms with Gasteiger partial charge in [-0.05, 0) is 41.9 Å². The van der Waals surface area contributed by atoms with Gasteiger partial charge in [-0.25, -0.2) is 9.59 Å². The van der Waals surface area contributed by atoms with Gasteiger partial charge >= 0.3 is 11.9 Å². The lowest BCUT2D eigenvalue weighted by atomic mass is 9.89. The topological polar surface area (TPSA) is 74.6 Å². The Hall–Kier alpha value is -1.36. The maximum atomic E-state index is 11.5. The number of halogens is 1. The van der Waals surface area contributed by atoms with Crippen LogP contribution in [0.1, 0.15) is 59.5 Å². The van der Waals surface area contributed by atoms with Crippen LogP contribution in [0.2, 0.25) is 0 Å². The lowest BCUT2D eigenvalue weighted by Crippen LogP contribution is -2.15. The Bertz CT molecular complexity index is 562. The molecule has 0 atom stereocenters. The fraction of sp³-hybridized carbons (Fsp3) is 0.500. The number of hydrogen-bond acceptors (Lipinski definition) is 2. The number of aromatic carboxylic acids is 2. The molecule has 21 heavy (non-hydrogen) atoms. The Kier molecular flexibility index (Phi) is 5.96. The third-order valence-electron chi connectivity index (χ3n) is 3.12. The smallest absolute Gasteiger partial charge is 0.336 e. The van der Waals surface area contributed by atoms with Crippen molar-refractivity contribution in [2.75, 3.05) is 0 Å². The predicted octanol–water partition coefficient (Wildman–Crippen LogP) is 4.24. The van der Waals surface area contributed by atoms with Gasteiger partial charge in [0, 0.05) is 4.47 Å². The molecule has 0 aliphatic carbocycles. The molecule has 0 aliphatic rings. The maximum Gasteiger partial charge on any atom is 0.336 e. The van der Waals surface area contributed by atoms with E-state index in [1.165, 1.54) is 6.07 Å². The molecule has 0 aromatic heterocycles. The first-order chi connectivity index (χ1) is 9.65. The van der Waals surface area contributed by atoms with Gasteiger partial charge in [0.1, 0.15) is 0 Å². The summed E-state index contributed by atoms with van der Waals surface area (Å²) in [5, 5.41) is 18.8. The van der Waals surface area contributed by atoms with Gasteiger partial charge < -0.3 is 10.2 Å². The van der Waals surface area contributed by atoms with Gasteiger partial charge in [0.15, 0.2) is 0 Å². The maximum absolute atomic E-state index is 11.5. The van der Waals surface area contributed by atoms with Crippen LogP contribution in [0.5, 0.6) is 0 Å². The Morgan fingerprint density at radius 2 is 1.57 bits per heavy atom. The average molecular weight is 357 g/mol. The van der Waals surface area contributed by atoms with Crippen molar-refractivity contribution in [2.24, 2.45) is 11.8 Å². The summed E-state index contributed by atoms with van der Waals surface area (Å²) in [5.41, 5.74) is 1.20. The van der Waals surface area contributed by atoms with Crippen LogP contribution in [-0.4, -0.2) is 22.2 Å². The third-order valence-corrected chi connectivity index (χ3v) is 4.11. The molecule has 0 radical (unpaired) electrons. The highest BCUT2D eigenvalue weighted by Gasteiger charge is 2.25. The molecule has 5 heteroatoms. The van der Waals surface area contributed by atoms with Crippen molar-refractivity contribution in [1.29, 1.82) is 0 Å². The van der Waals surface area contributed by atoms with Gasteiger partial charge in [-0.1, -0.05) is 43.6 Å². The first-order valence-corrected chi connectivity index (χ1v) is 7.75. The second-order valence-corrected chi connectivity index (χ2v) is 6.85. The second-order valence-electron chi connectivity index (χ2n) is 6.06. The monoisotopic (exact) mass is 356 g/mol. The SMILES string of the molecule is CC(C)Cc1cc(C(=O)O)c(C(=O)O)c(CC(C)C)c1Br. The number of carbonyl (C=O) groups is 2. The molecule has 1 rings (SSSR count). The van der Waals surface area contributed by atoms with Crippen LogP contribution in [-0.2, 0) is 12.8 Å². The zero-order valence-corrected chi connectivity index (χ0v) is 14.3. The number of carboxylic acid groups (broad SMARTS) is 2. The summed E-state index contributed by atoms with van der Waals surface area (Å²) in [7, 11) is 0. The van der Waals surface area contributed by atoms with E-state index in [1.54, 1.807) is 0 Å². The molecule has 1 aromatic rings. The Morgan fingerprint density at radius 1 is 1.05 bits per heavy atom. The molecule has 0 amide bonds. The minimum absolute atomic E-state index is 0.101. The summed E-state index contributed by atoms with van der Waals surface area (Å²) in [6, 6.07) is 1.49. The van der Waals surface area contributed by atoms with E-state index in [-0.39, 0.29) is 17.0 Å². The fourth-order valence-corrected chi connectivity index (χ4v) is 3.01. The van der Waals surface area contributed by atoms with Crippen LogP contribution in [0.15, 0.2) is 10.5 Å². The summed E-state index contributed by atoms with van der Waals surface area (Å²) in [6.45, 7) is 8.04. The van der Waals surface area contributed by atoms with Crippen LogP contribution >= 0.6 is 15.9 Å². The molecule has 1 aromatic carbocycles. The normalized spacial score (nSPS) is 11.2. The summed E-state index contributed by atoms with van der Waals surface area (Å²) in [5.74, 6) is -1.81. The van der Waals surface area contributed by atoms with E-state index < -0.39 is 11.9 Å². The zero-order valence-electron chi connectivity index (χ0n) is 12.7. The van der Waals surface area contributed by atoms with E-state index in [4.69, 9.17) is 0 Å². The molecule has 0 unspecified atom stereocenters. The van der Waals surface area contributed by atoms with Crippen molar-refractivity contribution in [2.45, 2.75) is 40.5 Å². The highest BCUT2D eigenvalue weighted by molar-refractivity contribution is 9.10. The summed E-state index contributed by atoms with van der Waals surface area (Å²) >= 11 is 3.48. The molecule has 4 nitrogen and oxygen atoms in total. The third kappa shape index (κ3) is 4.30. The summed E-state index contributed by atoms with van der Waals surface area (Å²) in [4.78, 5) is 23.0. The van der Waals surface area contributed by atoms with Gasteiger partial charge in [0.2, 0.25) is 0 Å². The van der Waals surface area contributed by atoms with Crippen molar-refractivity contribution < 1.29 is 19.8 Å². The minimum Gasteiger partial charge on any atom is -0.478 e. The van der Waals surface area contributed by atoms with E-state index in [1.807, 2.05) is 27.7 Å². The molecule has 0 spiro atoms. The molecule has 0 saturated heterocycles. The number of carboxylic acids is 2. The molecular weight excluding hydrogens is 336 g/mol. The van der Waals surface area contributed by atoms with Crippen molar-refractivity contribution in [1.82, 2.24) is 0 Å². The minimum atomic E-state index is -1.20. The van der Waals surface area contributed by atoms with Crippen molar-refractivity contribution >= 4 is 27.9 Å². The van der Waals surface area contributed by atoms with Gasteiger partial charge in [-0.2, -0.15) is 0 Å². The van der Waals surface area contributed by atoms with Crippen LogP contribution in [0.25, 0.3) is 0 Å². The van der Waals surface area contributed by atoms with Gasteiger partial charge in [0.05, 0.1) is 11.1 Å². The van der Waals surface area contributed by atoms with E-state index in [2.05, 4.69) is 15.9 Å². The molecule has 0 heterocycles. The van der Waals surface area contributed by atoms with Crippen LogP contribution in [0, 0.1) is 11.8 Å². The van der Waals surface area contributed by atoms with Crippen molar-refractivity contribution in [3.63, 3.8) is 0 Å². The zero-order chi connectivity index (χ0) is 16.3. The number of hydrogen-bond donors (Lipinski definition) is 2. The Balaban J connectivity index is 3.64. The van der Waals surface area contributed by atoms with E-state index >= 15 is 0 Å². The van der Waals surface area contributed by atoms with Crippen LogP contribution in [0.4, 0.5) is 0 Å². The quantitative estimate of drug-likeness (QED) is 0.799. The number of benzene rings is 1. The molecule has 0 bridgehead atoms. The predicted molar refractivity (Wildman–Crippen MR) is 85.1 cm³/mol. The Labute approximate surface area is 133 Å². The van der Waals surface area contributed by atoms with Crippen LogP contribution in [0.3, 0.4) is 0 Å². The van der Waals surface area contributed by atoms with Gasteiger partial charge in [-0.15, -0.1) is 0 Å². The molecule has 2 N–H and O–H groups in total. The van der Waals surface area contributed by atoms with E-state index in [0.29, 0.717) is 24.3 Å². The summed E-state index contributed by atoms with van der Waals surface area (Å²) < 4.78 is 0.729. The highest BCUT2D eigenvalue weighted by atomic mass is 79.9. The first kappa shape index (κ1) is 17.7. The second kappa shape index (κ2) is 7.07. The standard InChI is InChI=1S/C16H21BrO4/c1-8(2)5-10-7-12(15(18)19)13(16(20)21)11(14(10)17)6-9(3)4/h7-9H,5-6H2,1-4H3,(H,18,19)(H,20,21). The van der Waals surface area contributed by atoms with Gasteiger partial charge in [0.25, 0.3) is 0 Å². The fourth-order valence-electron chi connectivity index (χ4n) is 2.38. The van der Waals surface area contributed by atoms with Crippen molar-refractivity contribution in [3.05, 3.63) is 32.8 Å². The molecule has 116 valence electrons. The number of rotatable bonds is 6. The first-order valence-electron chi connectivity index (χ1n) is 6.95. The van der Waals surface area contributed by atoms with E-state index in [0.717, 1.165) is 10.0 Å².